The van der Waals surface area contributed by atoms with Crippen LogP contribution in [-0.4, -0.2) is 37.9 Å². The first kappa shape index (κ1) is 20.8. The van der Waals surface area contributed by atoms with Crippen LogP contribution < -0.4 is 0 Å². The maximum absolute atomic E-state index is 10.8. The topological polar surface area (TPSA) is 50.3 Å². The van der Waals surface area contributed by atoms with Gasteiger partial charge in [-0.05, 0) is 49.5 Å². The third-order valence-electron chi connectivity index (χ3n) is 4.67. The second kappa shape index (κ2) is 10.0. The molecule has 3 rings (SSSR count). The number of benzene rings is 1. The van der Waals surface area contributed by atoms with E-state index in [-0.39, 0.29) is 5.75 Å². The summed E-state index contributed by atoms with van der Waals surface area (Å²) in [5.74, 6) is 3.06. The lowest BCUT2D eigenvalue weighted by Gasteiger charge is -2.31. The summed E-state index contributed by atoms with van der Waals surface area (Å²) in [4.78, 5) is 8.58. The number of nitrogens with zero attached hydrogens (tertiary/aromatic N) is 2. The second-order valence-corrected chi connectivity index (χ2v) is 10.3. The number of aromatic nitrogens is 1. The van der Waals surface area contributed by atoms with Crippen molar-refractivity contribution in [1.29, 1.82) is 0 Å². The number of rotatable bonds is 8. The van der Waals surface area contributed by atoms with Crippen LogP contribution in [0.2, 0.25) is 0 Å². The minimum absolute atomic E-state index is 0.115. The average Bonchev–Trinajstić information content (AvgIpc) is 3.10. The van der Waals surface area contributed by atoms with Crippen molar-refractivity contribution in [1.82, 2.24) is 9.88 Å². The van der Waals surface area contributed by atoms with Crippen molar-refractivity contribution in [3.05, 3.63) is 51.8 Å². The average molecular weight is 424 g/mol. The highest BCUT2D eigenvalue weighted by molar-refractivity contribution is 7.98. The Kier molecular flexibility index (Phi) is 7.75. The predicted molar refractivity (Wildman–Crippen MR) is 115 cm³/mol. The van der Waals surface area contributed by atoms with Gasteiger partial charge in [-0.25, -0.2) is 13.4 Å². The molecule has 1 fully saturated rings. The minimum atomic E-state index is -2.36. The van der Waals surface area contributed by atoms with Gasteiger partial charge in [0.1, 0.15) is 10.7 Å². The first-order valence-corrected chi connectivity index (χ1v) is 12.5. The van der Waals surface area contributed by atoms with Crippen LogP contribution in [-0.2, 0) is 22.2 Å². The lowest BCUT2D eigenvalue weighted by Crippen LogP contribution is -2.35. The number of piperidine rings is 1. The first-order chi connectivity index (χ1) is 13.0. The summed E-state index contributed by atoms with van der Waals surface area (Å²) >= 11 is 3.55. The molecule has 1 aromatic heterocycles. The Morgan fingerprint density at radius 2 is 1.93 bits per heavy atom. The van der Waals surface area contributed by atoms with Crippen molar-refractivity contribution in [3.8, 4) is 0 Å². The van der Waals surface area contributed by atoms with Crippen molar-refractivity contribution >= 4 is 33.8 Å². The van der Waals surface area contributed by atoms with E-state index in [4.69, 9.17) is 4.98 Å². The van der Waals surface area contributed by atoms with Crippen molar-refractivity contribution in [2.45, 2.75) is 49.0 Å². The Bertz CT molecular complexity index is 784. The van der Waals surface area contributed by atoms with Gasteiger partial charge in [-0.1, -0.05) is 26.0 Å². The quantitative estimate of drug-likeness (QED) is 0.506. The van der Waals surface area contributed by atoms with E-state index in [0.717, 1.165) is 28.5 Å². The molecule has 0 unspecified atom stereocenters. The van der Waals surface area contributed by atoms with Gasteiger partial charge in [0, 0.05) is 28.5 Å². The molecule has 1 radical (unpaired) electrons. The first-order valence-electron chi connectivity index (χ1n) is 9.29. The number of thioether (sulfide) groups is 1. The molecule has 147 valence electrons. The summed E-state index contributed by atoms with van der Waals surface area (Å²) < 4.78 is 21.6. The van der Waals surface area contributed by atoms with Crippen LogP contribution >= 0.6 is 23.1 Å². The number of thiazole rings is 1. The molecule has 0 bridgehead atoms. The maximum Gasteiger partial charge on any atom is 0.144 e. The molecule has 0 atom stereocenters. The van der Waals surface area contributed by atoms with E-state index in [0.29, 0.717) is 5.92 Å². The van der Waals surface area contributed by atoms with Crippen LogP contribution in [0.1, 0.15) is 48.9 Å². The number of likely N-dealkylation sites (tertiary alicyclic amines) is 1. The van der Waals surface area contributed by atoms with E-state index in [9.17, 15) is 8.42 Å². The van der Waals surface area contributed by atoms with Gasteiger partial charge >= 0.3 is 0 Å². The summed E-state index contributed by atoms with van der Waals surface area (Å²) in [5.41, 5.74) is 1.99. The van der Waals surface area contributed by atoms with Crippen molar-refractivity contribution in [2.24, 2.45) is 0 Å². The summed E-state index contributed by atoms with van der Waals surface area (Å²) in [7, 11) is -2.36. The smallest absolute Gasteiger partial charge is 0.144 e. The molecule has 1 aromatic carbocycles. The Balaban J connectivity index is 1.48. The highest BCUT2D eigenvalue weighted by atomic mass is 32.2. The summed E-state index contributed by atoms with van der Waals surface area (Å²) in [6.07, 6.45) is 2.41. The second-order valence-electron chi connectivity index (χ2n) is 7.36. The monoisotopic (exact) mass is 423 g/mol. The van der Waals surface area contributed by atoms with E-state index in [1.54, 1.807) is 23.1 Å². The van der Waals surface area contributed by atoms with Gasteiger partial charge in [0.2, 0.25) is 0 Å². The van der Waals surface area contributed by atoms with Crippen LogP contribution in [0.15, 0.2) is 34.5 Å². The van der Waals surface area contributed by atoms with Crippen LogP contribution in [0.3, 0.4) is 0 Å². The Labute approximate surface area is 172 Å². The van der Waals surface area contributed by atoms with Gasteiger partial charge in [0.25, 0.3) is 0 Å². The van der Waals surface area contributed by atoms with Crippen LogP contribution in [0, 0.1) is 5.92 Å². The molecular formula is C20H27N2O2S3. The summed E-state index contributed by atoms with van der Waals surface area (Å²) in [6, 6.07) is 7.77. The zero-order valence-corrected chi connectivity index (χ0v) is 18.4. The number of thiol groups is 1. The predicted octanol–water partition coefficient (Wildman–Crippen LogP) is 4.34. The molecule has 4 nitrogen and oxygen atoms in total. The molecule has 0 saturated carbocycles. The number of hydrogen-bond donors (Lipinski definition) is 1. The zero-order chi connectivity index (χ0) is 19.2. The molecule has 0 N–H and O–H groups in total. The molecule has 1 saturated heterocycles. The van der Waals surface area contributed by atoms with Crippen molar-refractivity contribution in [2.75, 3.05) is 19.6 Å². The zero-order valence-electron chi connectivity index (χ0n) is 15.9. The molecule has 1 aliphatic heterocycles. The van der Waals surface area contributed by atoms with E-state index < -0.39 is 10.7 Å². The molecular weight excluding hydrogens is 396 g/mol. The summed E-state index contributed by atoms with van der Waals surface area (Å²) in [5, 5.41) is 3.48. The maximum atomic E-state index is 10.8. The molecule has 0 spiro atoms. The minimum Gasteiger partial charge on any atom is -0.303 e. The normalized spacial score (nSPS) is 16.4. The van der Waals surface area contributed by atoms with Gasteiger partial charge in [0.05, 0.1) is 16.5 Å². The molecule has 7 heteroatoms. The van der Waals surface area contributed by atoms with Gasteiger partial charge in [-0.2, -0.15) is 0 Å². The highest BCUT2D eigenvalue weighted by Crippen LogP contribution is 2.32. The third-order valence-corrected chi connectivity index (χ3v) is 7.39. The fraction of sp³-hybridized carbons (Fsp3) is 0.500. The molecule has 0 amide bonds. The fourth-order valence-electron chi connectivity index (χ4n) is 3.36. The standard InChI is InChI=1S/C20H27N2O2S3/c1-15(2)11-22-9-7-17(8-10-22)20-21-18(13-26-20)12-25-19-5-3-16(4-6-19)14-27(23)24/h3-6,13,17,27H,7-12,14H2,1-2H3. The lowest BCUT2D eigenvalue weighted by molar-refractivity contribution is 0.220. The van der Waals surface area contributed by atoms with E-state index in [1.165, 1.54) is 36.9 Å². The molecule has 2 heterocycles. The van der Waals surface area contributed by atoms with Crippen molar-refractivity contribution < 1.29 is 8.42 Å². The molecule has 0 aliphatic carbocycles. The van der Waals surface area contributed by atoms with Gasteiger partial charge in [-0.3, -0.25) is 0 Å². The van der Waals surface area contributed by atoms with Crippen LogP contribution in [0.25, 0.3) is 0 Å². The van der Waals surface area contributed by atoms with Gasteiger partial charge < -0.3 is 4.90 Å². The molecule has 1 aliphatic rings. The Morgan fingerprint density at radius 3 is 2.56 bits per heavy atom. The van der Waals surface area contributed by atoms with Crippen molar-refractivity contribution in [3.63, 3.8) is 0 Å². The van der Waals surface area contributed by atoms with Gasteiger partial charge in [-0.15, -0.1) is 23.1 Å². The summed E-state index contributed by atoms with van der Waals surface area (Å²) in [6.45, 7) is 7.86. The third kappa shape index (κ3) is 6.59. The number of hydrogen-bond acceptors (Lipinski definition) is 6. The lowest BCUT2D eigenvalue weighted by atomic mass is 9.97. The van der Waals surface area contributed by atoms with E-state index in [2.05, 4.69) is 24.1 Å². The fourth-order valence-corrected chi connectivity index (χ4v) is 5.76. The largest absolute Gasteiger partial charge is 0.303 e. The Morgan fingerprint density at radius 1 is 1.22 bits per heavy atom. The molecule has 2 aromatic rings. The van der Waals surface area contributed by atoms with E-state index in [1.807, 2.05) is 24.3 Å². The van der Waals surface area contributed by atoms with Crippen LogP contribution in [0.4, 0.5) is 0 Å². The SMILES string of the molecule is C[C](C)CN1CCC(c2nc(CSc3ccc(C[SH](=O)=O)cc3)cs2)CC1. The molecule has 27 heavy (non-hydrogen) atoms. The highest BCUT2D eigenvalue weighted by Gasteiger charge is 2.23. The van der Waals surface area contributed by atoms with E-state index >= 15 is 0 Å². The van der Waals surface area contributed by atoms with Gasteiger partial charge in [0.15, 0.2) is 0 Å². The Hall–Kier alpha value is -0.890. The van der Waals surface area contributed by atoms with Crippen LogP contribution in [0.5, 0.6) is 0 Å².